The molecule has 0 radical (unpaired) electrons. The predicted molar refractivity (Wildman–Crippen MR) is 118 cm³/mol. The highest BCUT2D eigenvalue weighted by molar-refractivity contribution is 7.98. The van der Waals surface area contributed by atoms with Crippen molar-refractivity contribution in [1.82, 2.24) is 9.55 Å². The van der Waals surface area contributed by atoms with Crippen molar-refractivity contribution in [1.29, 1.82) is 0 Å². The number of hydrogen-bond donors (Lipinski definition) is 0. The van der Waals surface area contributed by atoms with E-state index in [0.717, 1.165) is 11.8 Å². The summed E-state index contributed by atoms with van der Waals surface area (Å²) in [4.78, 5) is 17.9. The molecule has 1 aliphatic rings. The summed E-state index contributed by atoms with van der Waals surface area (Å²) < 4.78 is 41.5. The van der Waals surface area contributed by atoms with Crippen molar-refractivity contribution < 1.29 is 18.3 Å². The van der Waals surface area contributed by atoms with E-state index in [1.165, 1.54) is 22.8 Å². The molecular formula is C24H18F2N2O3S. The Hall–Kier alpha value is -3.39. The molecule has 0 N–H and O–H groups in total. The first-order valence-corrected chi connectivity index (χ1v) is 11.0. The molecule has 32 heavy (non-hydrogen) atoms. The van der Waals surface area contributed by atoms with Crippen LogP contribution in [0.25, 0.3) is 10.9 Å². The summed E-state index contributed by atoms with van der Waals surface area (Å²) in [5, 5.41) is 0.824. The zero-order valence-electron chi connectivity index (χ0n) is 16.8. The molecule has 0 unspecified atom stereocenters. The molecule has 0 amide bonds. The molecule has 5 nitrogen and oxygen atoms in total. The second-order valence-corrected chi connectivity index (χ2v) is 8.26. The number of halogens is 2. The van der Waals surface area contributed by atoms with Gasteiger partial charge in [0, 0.05) is 11.3 Å². The average Bonchev–Trinajstić information content (AvgIpc) is 2.81. The third kappa shape index (κ3) is 3.93. The summed E-state index contributed by atoms with van der Waals surface area (Å²) in [6.07, 6.45) is -0.421. The zero-order valence-corrected chi connectivity index (χ0v) is 17.6. The highest BCUT2D eigenvalue weighted by Gasteiger charge is 2.24. The maximum atomic E-state index is 14.1. The van der Waals surface area contributed by atoms with Crippen LogP contribution in [0.3, 0.4) is 0 Å². The monoisotopic (exact) mass is 452 g/mol. The van der Waals surface area contributed by atoms with E-state index in [0.29, 0.717) is 27.6 Å². The molecule has 1 aromatic heterocycles. The van der Waals surface area contributed by atoms with Crippen molar-refractivity contribution >= 4 is 22.7 Å². The van der Waals surface area contributed by atoms with Crippen LogP contribution >= 0.6 is 11.8 Å². The molecule has 4 aromatic rings. The van der Waals surface area contributed by atoms with Gasteiger partial charge in [0.1, 0.15) is 18.2 Å². The van der Waals surface area contributed by atoms with Gasteiger partial charge >= 0.3 is 0 Å². The molecule has 0 saturated heterocycles. The molecule has 162 valence electrons. The largest absolute Gasteiger partial charge is 0.486 e. The predicted octanol–water partition coefficient (Wildman–Crippen LogP) is 4.81. The minimum absolute atomic E-state index is 0.00581. The number of nitrogens with zero attached hydrogens (tertiary/aromatic N) is 2. The molecule has 5 rings (SSSR count). The van der Waals surface area contributed by atoms with E-state index >= 15 is 0 Å². The van der Waals surface area contributed by atoms with Gasteiger partial charge in [-0.05, 0) is 36.4 Å². The quantitative estimate of drug-likeness (QED) is 0.321. The zero-order chi connectivity index (χ0) is 22.1. The van der Waals surface area contributed by atoms with Crippen LogP contribution in [-0.2, 0) is 12.3 Å². The van der Waals surface area contributed by atoms with E-state index in [2.05, 4.69) is 4.98 Å². The Balaban J connectivity index is 1.49. The van der Waals surface area contributed by atoms with E-state index in [9.17, 15) is 13.6 Å². The normalized spacial score (nSPS) is 15.1. The van der Waals surface area contributed by atoms with Gasteiger partial charge in [0.15, 0.2) is 22.8 Å². The summed E-state index contributed by atoms with van der Waals surface area (Å²) in [6.45, 7) is 0.454. The van der Waals surface area contributed by atoms with E-state index < -0.39 is 17.7 Å². The van der Waals surface area contributed by atoms with Gasteiger partial charge in [-0.25, -0.2) is 13.8 Å². The summed E-state index contributed by atoms with van der Waals surface area (Å²) in [6, 6.07) is 18.1. The molecule has 1 aliphatic heterocycles. The van der Waals surface area contributed by atoms with Crippen LogP contribution in [0.1, 0.15) is 5.56 Å². The fourth-order valence-electron chi connectivity index (χ4n) is 3.58. The fraction of sp³-hybridized carbons (Fsp3) is 0.167. The van der Waals surface area contributed by atoms with Gasteiger partial charge in [-0.3, -0.25) is 9.36 Å². The number of hydrogen-bond acceptors (Lipinski definition) is 5. The van der Waals surface area contributed by atoms with E-state index in [1.54, 1.807) is 30.3 Å². The van der Waals surface area contributed by atoms with Crippen molar-refractivity contribution in [2.24, 2.45) is 0 Å². The molecule has 8 heteroatoms. The fourth-order valence-corrected chi connectivity index (χ4v) is 4.61. The molecule has 3 aromatic carbocycles. The number of fused-ring (bicyclic) bond motifs is 2. The minimum atomic E-state index is -0.632. The Morgan fingerprint density at radius 3 is 2.50 bits per heavy atom. The van der Waals surface area contributed by atoms with Crippen LogP contribution in [-0.4, -0.2) is 22.3 Å². The molecule has 0 spiro atoms. The highest BCUT2D eigenvalue weighted by atomic mass is 32.2. The van der Waals surface area contributed by atoms with Crippen LogP contribution in [0.4, 0.5) is 8.78 Å². The second kappa shape index (κ2) is 8.63. The van der Waals surface area contributed by atoms with Crippen molar-refractivity contribution in [2.45, 2.75) is 23.6 Å². The molecule has 2 heterocycles. The molecule has 0 aliphatic carbocycles. The first kappa shape index (κ1) is 20.5. The summed E-state index contributed by atoms with van der Waals surface area (Å²) >= 11 is 1.11. The van der Waals surface area contributed by atoms with Crippen molar-refractivity contribution in [3.8, 4) is 11.5 Å². The van der Waals surface area contributed by atoms with Gasteiger partial charge in [-0.15, -0.1) is 0 Å². The molecule has 0 saturated carbocycles. The highest BCUT2D eigenvalue weighted by Crippen LogP contribution is 2.32. The minimum Gasteiger partial charge on any atom is -0.486 e. The van der Waals surface area contributed by atoms with Crippen molar-refractivity contribution in [3.05, 3.63) is 94.3 Å². The number of para-hydroxylation sites is 3. The molecule has 0 bridgehead atoms. The maximum Gasteiger partial charge on any atom is 0.262 e. The lowest BCUT2D eigenvalue weighted by Gasteiger charge is -2.27. The summed E-state index contributed by atoms with van der Waals surface area (Å²) in [5.41, 5.74) is 0.226. The Morgan fingerprint density at radius 2 is 1.69 bits per heavy atom. The summed E-state index contributed by atoms with van der Waals surface area (Å²) in [5.74, 6) is -0.0140. The number of benzene rings is 3. The second-order valence-electron chi connectivity index (χ2n) is 7.31. The van der Waals surface area contributed by atoms with Crippen LogP contribution < -0.4 is 15.0 Å². The molecular weight excluding hydrogens is 434 g/mol. The van der Waals surface area contributed by atoms with Crippen molar-refractivity contribution in [2.75, 3.05) is 6.61 Å². The first-order chi connectivity index (χ1) is 15.6. The lowest BCUT2D eigenvalue weighted by Crippen LogP contribution is -2.37. The number of ether oxygens (including phenoxy) is 2. The van der Waals surface area contributed by atoms with Gasteiger partial charge in [-0.1, -0.05) is 42.1 Å². The lowest BCUT2D eigenvalue weighted by atomic mass is 10.2. The Morgan fingerprint density at radius 1 is 0.969 bits per heavy atom. The van der Waals surface area contributed by atoms with Crippen molar-refractivity contribution in [3.63, 3.8) is 0 Å². The van der Waals surface area contributed by atoms with Gasteiger partial charge in [0.2, 0.25) is 0 Å². The molecule has 1 atom stereocenters. The van der Waals surface area contributed by atoms with E-state index in [1.807, 2.05) is 18.2 Å². The van der Waals surface area contributed by atoms with E-state index in [4.69, 9.17) is 9.47 Å². The van der Waals surface area contributed by atoms with Crippen LogP contribution in [0.5, 0.6) is 11.5 Å². The standard InChI is InChI=1S/C24H18F2N2O3S/c25-18-7-5-8-19(26)17(18)14-32-24-27-20-9-2-1-6-16(20)23(29)28(24)12-15-13-30-21-10-3-4-11-22(21)31-15/h1-11,15H,12-14H2/t15-/m0/s1. The topological polar surface area (TPSA) is 53.4 Å². The van der Waals surface area contributed by atoms with Crippen LogP contribution in [0.15, 0.2) is 76.7 Å². The van der Waals surface area contributed by atoms with Gasteiger partial charge in [0.25, 0.3) is 5.56 Å². The number of thioether (sulfide) groups is 1. The van der Waals surface area contributed by atoms with Crippen LogP contribution in [0.2, 0.25) is 0 Å². The first-order valence-electron chi connectivity index (χ1n) is 10.0. The van der Waals surface area contributed by atoms with Gasteiger partial charge < -0.3 is 9.47 Å². The average molecular weight is 452 g/mol. The Labute approximate surface area is 186 Å². The molecule has 0 fully saturated rings. The third-order valence-electron chi connectivity index (χ3n) is 5.19. The smallest absolute Gasteiger partial charge is 0.262 e. The Bertz CT molecular complexity index is 1340. The summed E-state index contributed by atoms with van der Waals surface area (Å²) in [7, 11) is 0. The number of aromatic nitrogens is 2. The Kier molecular flexibility index (Phi) is 5.53. The maximum absolute atomic E-state index is 14.1. The lowest BCUT2D eigenvalue weighted by molar-refractivity contribution is 0.0757. The van der Waals surface area contributed by atoms with E-state index in [-0.39, 0.29) is 30.0 Å². The SMILES string of the molecule is O=c1c2ccccc2nc(SCc2c(F)cccc2F)n1C[C@H]1COc2ccccc2O1. The van der Waals surface area contributed by atoms with Crippen LogP contribution in [0, 0.1) is 11.6 Å². The van der Waals surface area contributed by atoms with Gasteiger partial charge in [-0.2, -0.15) is 0 Å². The third-order valence-corrected chi connectivity index (χ3v) is 6.19. The number of rotatable bonds is 5. The van der Waals surface area contributed by atoms with Gasteiger partial charge in [0.05, 0.1) is 17.4 Å².